The molecule has 0 aliphatic carbocycles. The fourth-order valence-corrected chi connectivity index (χ4v) is 2.76. The number of rotatable bonds is 4. The number of carboxylic acid groups (broad SMARTS) is 1. The zero-order valence-corrected chi connectivity index (χ0v) is 14.2. The summed E-state index contributed by atoms with van der Waals surface area (Å²) in [5.41, 5.74) is 3.04. The Hall–Kier alpha value is -0.840. The van der Waals surface area contributed by atoms with Gasteiger partial charge in [0.25, 0.3) is 0 Å². The number of benzene rings is 2. The van der Waals surface area contributed by atoms with Crippen molar-refractivity contribution in [3.05, 3.63) is 59.1 Å². The van der Waals surface area contributed by atoms with Crippen LogP contribution in [0.4, 0.5) is 0 Å². The Morgan fingerprint density at radius 3 is 1.85 bits per heavy atom. The summed E-state index contributed by atoms with van der Waals surface area (Å²) in [6.07, 6.45) is 0. The Morgan fingerprint density at radius 1 is 0.950 bits per heavy atom. The molecule has 1 N–H and O–H groups in total. The molecular weight excluding hydrogens is 407 g/mol. The van der Waals surface area contributed by atoms with Crippen molar-refractivity contribution in [3.8, 4) is 11.1 Å². The summed E-state index contributed by atoms with van der Waals surface area (Å²) in [4.78, 5) is 10.0. The van der Waals surface area contributed by atoms with E-state index >= 15 is 0 Å². The number of hydrogen-bond acceptors (Lipinski definition) is 1. The van der Waals surface area contributed by atoms with E-state index in [9.17, 15) is 4.79 Å². The molecule has 0 aliphatic rings. The van der Waals surface area contributed by atoms with Gasteiger partial charge in [-0.1, -0.05) is 79.9 Å². The average molecular weight is 419 g/mol. The second-order valence-corrected chi connectivity index (χ2v) is 6.68. The molecule has 0 bridgehead atoms. The summed E-state index contributed by atoms with van der Waals surface area (Å²) in [7, 11) is 0. The molecule has 0 heterocycles. The topological polar surface area (TPSA) is 37.3 Å². The molecule has 0 radical (unpaired) electrons. The minimum Gasteiger partial charge on any atom is -0.480 e. The second kappa shape index (κ2) is 6.74. The van der Waals surface area contributed by atoms with Crippen LogP contribution in [-0.2, 0) is 4.79 Å². The normalized spacial score (nSPS) is 13.8. The third kappa shape index (κ3) is 3.62. The van der Waals surface area contributed by atoms with E-state index in [0.29, 0.717) is 5.02 Å². The first-order valence-corrected chi connectivity index (χ1v) is 8.07. The fourth-order valence-electron chi connectivity index (χ4n) is 1.80. The molecule has 0 fully saturated rings. The predicted molar refractivity (Wildman–Crippen MR) is 88.9 cm³/mol. The molecule has 2 rings (SSSR count). The zero-order chi connectivity index (χ0) is 14.7. The van der Waals surface area contributed by atoms with E-state index in [1.807, 2.05) is 48.5 Å². The molecule has 0 aromatic heterocycles. The van der Waals surface area contributed by atoms with Crippen LogP contribution < -0.4 is 0 Å². The molecule has 20 heavy (non-hydrogen) atoms. The first-order chi connectivity index (χ1) is 9.49. The number of carboxylic acids is 1. The Morgan fingerprint density at radius 2 is 1.40 bits per heavy atom. The van der Waals surface area contributed by atoms with Gasteiger partial charge in [0, 0.05) is 5.02 Å². The van der Waals surface area contributed by atoms with E-state index in [-0.39, 0.29) is 4.83 Å². The molecule has 2 aromatic carbocycles. The molecule has 2 atom stereocenters. The van der Waals surface area contributed by atoms with E-state index < -0.39 is 10.8 Å². The highest BCUT2D eigenvalue weighted by Crippen LogP contribution is 2.32. The lowest BCUT2D eigenvalue weighted by molar-refractivity contribution is -0.136. The predicted octanol–water partition coefficient (Wildman–Crippen LogP) is 5.29. The summed E-state index contributed by atoms with van der Waals surface area (Å²) in [6, 6.07) is 15.4. The standard InChI is InChI=1S/C15H11Br2ClO2/c16-13(14(17)15(19)20)11-3-1-9(2-4-11)10-5-7-12(18)8-6-10/h1-8,13-14H,(H,19,20). The maximum Gasteiger partial charge on any atom is 0.318 e. The summed E-state index contributed by atoms with van der Waals surface area (Å²) in [5.74, 6) is -0.895. The monoisotopic (exact) mass is 416 g/mol. The molecule has 2 nitrogen and oxygen atoms in total. The Kier molecular flexibility index (Phi) is 5.24. The Balaban J connectivity index is 2.22. The maximum atomic E-state index is 10.9. The second-order valence-electron chi connectivity index (χ2n) is 4.27. The van der Waals surface area contributed by atoms with E-state index in [1.165, 1.54) is 0 Å². The van der Waals surface area contributed by atoms with Crippen LogP contribution in [0.15, 0.2) is 48.5 Å². The summed E-state index contributed by atoms with van der Waals surface area (Å²) < 4.78 is 0. The molecular formula is C15H11Br2ClO2. The molecule has 104 valence electrons. The van der Waals surface area contributed by atoms with Crippen molar-refractivity contribution in [2.24, 2.45) is 0 Å². The van der Waals surface area contributed by atoms with E-state index in [4.69, 9.17) is 16.7 Å². The molecule has 0 spiro atoms. The van der Waals surface area contributed by atoms with Gasteiger partial charge < -0.3 is 5.11 Å². The third-order valence-corrected chi connectivity index (χ3v) is 5.84. The summed E-state index contributed by atoms with van der Waals surface area (Å²) in [6.45, 7) is 0. The van der Waals surface area contributed by atoms with Gasteiger partial charge >= 0.3 is 5.97 Å². The number of halogens is 3. The van der Waals surface area contributed by atoms with Crippen molar-refractivity contribution in [1.82, 2.24) is 0 Å². The van der Waals surface area contributed by atoms with Gasteiger partial charge in [-0.25, -0.2) is 0 Å². The number of hydrogen-bond donors (Lipinski definition) is 1. The van der Waals surface area contributed by atoms with Gasteiger partial charge in [0.05, 0.1) is 4.83 Å². The van der Waals surface area contributed by atoms with Gasteiger partial charge in [-0.2, -0.15) is 0 Å². The first-order valence-electron chi connectivity index (χ1n) is 5.86. The number of alkyl halides is 2. The SMILES string of the molecule is O=C(O)C(Br)C(Br)c1ccc(-c2ccc(Cl)cc2)cc1. The van der Waals surface area contributed by atoms with Crippen LogP contribution >= 0.6 is 43.5 Å². The van der Waals surface area contributed by atoms with Crippen molar-refractivity contribution in [1.29, 1.82) is 0 Å². The van der Waals surface area contributed by atoms with Crippen LogP contribution in [-0.4, -0.2) is 15.9 Å². The van der Waals surface area contributed by atoms with Gasteiger partial charge in [0.1, 0.15) is 4.83 Å². The van der Waals surface area contributed by atoms with Crippen LogP contribution in [0.3, 0.4) is 0 Å². The van der Waals surface area contributed by atoms with E-state index in [2.05, 4.69) is 31.9 Å². The van der Waals surface area contributed by atoms with Crippen molar-refractivity contribution in [2.45, 2.75) is 9.65 Å². The smallest absolute Gasteiger partial charge is 0.318 e. The quantitative estimate of drug-likeness (QED) is 0.685. The van der Waals surface area contributed by atoms with E-state index in [0.717, 1.165) is 16.7 Å². The van der Waals surface area contributed by atoms with Gasteiger partial charge in [-0.15, -0.1) is 0 Å². The van der Waals surface area contributed by atoms with Gasteiger partial charge in [-0.05, 0) is 28.8 Å². The molecule has 2 unspecified atom stereocenters. The van der Waals surface area contributed by atoms with Crippen LogP contribution in [0.5, 0.6) is 0 Å². The lowest BCUT2D eigenvalue weighted by atomic mass is 10.0. The van der Waals surface area contributed by atoms with Crippen LogP contribution in [0.1, 0.15) is 10.4 Å². The Labute approximate surface area is 139 Å². The number of carbonyl (C=O) groups is 1. The van der Waals surface area contributed by atoms with Crippen LogP contribution in [0, 0.1) is 0 Å². The molecule has 0 amide bonds. The zero-order valence-electron chi connectivity index (χ0n) is 10.3. The van der Waals surface area contributed by atoms with Gasteiger partial charge in [-0.3, -0.25) is 4.79 Å². The minimum absolute atomic E-state index is 0.278. The van der Waals surface area contributed by atoms with E-state index in [1.54, 1.807) is 0 Å². The third-order valence-electron chi connectivity index (χ3n) is 2.90. The molecule has 0 aliphatic heterocycles. The highest BCUT2D eigenvalue weighted by molar-refractivity contribution is 9.12. The molecule has 0 saturated heterocycles. The number of aliphatic carboxylic acids is 1. The lowest BCUT2D eigenvalue weighted by Gasteiger charge is -2.13. The summed E-state index contributed by atoms with van der Waals surface area (Å²) in [5, 5.41) is 9.69. The molecule has 5 heteroatoms. The molecule has 0 saturated carbocycles. The van der Waals surface area contributed by atoms with Crippen molar-refractivity contribution < 1.29 is 9.90 Å². The van der Waals surface area contributed by atoms with Crippen LogP contribution in [0.25, 0.3) is 11.1 Å². The first kappa shape index (κ1) is 15.5. The van der Waals surface area contributed by atoms with Crippen LogP contribution in [0.2, 0.25) is 5.02 Å². The minimum atomic E-state index is -0.895. The van der Waals surface area contributed by atoms with Gasteiger partial charge in [0.2, 0.25) is 0 Å². The maximum absolute atomic E-state index is 10.9. The van der Waals surface area contributed by atoms with Gasteiger partial charge in [0.15, 0.2) is 0 Å². The fraction of sp³-hybridized carbons (Fsp3) is 0.133. The van der Waals surface area contributed by atoms with Crippen molar-refractivity contribution in [2.75, 3.05) is 0 Å². The average Bonchev–Trinajstić information content (AvgIpc) is 2.46. The Bertz CT molecular complexity index is 596. The highest BCUT2D eigenvalue weighted by Gasteiger charge is 2.24. The molecule has 2 aromatic rings. The highest BCUT2D eigenvalue weighted by atomic mass is 79.9. The lowest BCUT2D eigenvalue weighted by Crippen LogP contribution is -2.17. The summed E-state index contributed by atoms with van der Waals surface area (Å²) >= 11 is 12.4. The largest absolute Gasteiger partial charge is 0.480 e. The van der Waals surface area contributed by atoms with Crippen molar-refractivity contribution >= 4 is 49.4 Å². The van der Waals surface area contributed by atoms with Crippen molar-refractivity contribution in [3.63, 3.8) is 0 Å².